The molecule has 0 radical (unpaired) electrons. The quantitative estimate of drug-likeness (QED) is 0.832. The zero-order valence-corrected chi connectivity index (χ0v) is 10.6. The predicted molar refractivity (Wildman–Crippen MR) is 65.1 cm³/mol. The molecule has 1 aromatic carbocycles. The highest BCUT2D eigenvalue weighted by Crippen LogP contribution is 2.41. The van der Waals surface area contributed by atoms with Crippen LogP contribution in [0, 0.1) is 0 Å². The molecule has 0 aliphatic carbocycles. The van der Waals surface area contributed by atoms with Crippen molar-refractivity contribution in [1.82, 2.24) is 10.4 Å². The van der Waals surface area contributed by atoms with E-state index in [1.807, 2.05) is 0 Å². The number of alkyl halides is 3. The van der Waals surface area contributed by atoms with Crippen LogP contribution in [0.4, 0.5) is 13.2 Å². The van der Waals surface area contributed by atoms with E-state index < -0.39 is 24.2 Å². The van der Waals surface area contributed by atoms with Crippen molar-refractivity contribution in [2.45, 2.75) is 25.2 Å². The smallest absolute Gasteiger partial charge is 0.362 e. The molecular weight excluding hydrogens is 273 g/mol. The van der Waals surface area contributed by atoms with Crippen LogP contribution in [0.2, 0.25) is 0 Å². The summed E-state index contributed by atoms with van der Waals surface area (Å²) < 4.78 is 39.2. The first-order chi connectivity index (χ1) is 9.29. The van der Waals surface area contributed by atoms with E-state index in [1.165, 1.54) is 37.3 Å². The van der Waals surface area contributed by atoms with Crippen molar-refractivity contribution >= 4 is 5.91 Å². The minimum atomic E-state index is -4.96. The van der Waals surface area contributed by atoms with Crippen molar-refractivity contribution < 1.29 is 23.1 Å². The third-order valence-electron chi connectivity index (χ3n) is 3.09. The van der Waals surface area contributed by atoms with Gasteiger partial charge >= 0.3 is 6.18 Å². The molecule has 0 spiro atoms. The van der Waals surface area contributed by atoms with E-state index in [9.17, 15) is 23.1 Å². The van der Waals surface area contributed by atoms with Gasteiger partial charge in [0.05, 0.1) is 0 Å². The molecule has 7 heteroatoms. The Labute approximate surface area is 113 Å². The zero-order valence-electron chi connectivity index (χ0n) is 10.6. The van der Waals surface area contributed by atoms with Gasteiger partial charge < -0.3 is 5.11 Å². The minimum Gasteiger partial charge on any atom is -0.362 e. The highest BCUT2D eigenvalue weighted by molar-refractivity contribution is 5.94. The number of amides is 1. The standard InChI is InChI=1S/C13H13F3N2O2/c1-2-10-8-12(20,13(14,15)16)18(17-10)11(19)9-6-4-3-5-7-9/h2-7,17,20H,8H2,1H3. The lowest BCUT2D eigenvalue weighted by Gasteiger charge is -2.33. The van der Waals surface area contributed by atoms with Gasteiger partial charge in [-0.3, -0.25) is 10.2 Å². The van der Waals surface area contributed by atoms with E-state index in [4.69, 9.17) is 0 Å². The molecule has 0 saturated carbocycles. The monoisotopic (exact) mass is 286 g/mol. The molecule has 108 valence electrons. The molecule has 1 saturated heterocycles. The van der Waals surface area contributed by atoms with Gasteiger partial charge in [0.2, 0.25) is 0 Å². The maximum absolute atomic E-state index is 13.1. The Morgan fingerprint density at radius 2 is 2.00 bits per heavy atom. The summed E-state index contributed by atoms with van der Waals surface area (Å²) in [7, 11) is 0. The number of carbonyl (C=O) groups is 1. The van der Waals surface area contributed by atoms with Crippen molar-refractivity contribution in [3.05, 3.63) is 47.7 Å². The minimum absolute atomic E-state index is 0.0556. The van der Waals surface area contributed by atoms with Crippen LogP contribution in [-0.2, 0) is 0 Å². The lowest BCUT2D eigenvalue weighted by molar-refractivity contribution is -0.299. The molecule has 1 aliphatic rings. The highest BCUT2D eigenvalue weighted by atomic mass is 19.4. The molecule has 1 amide bonds. The number of hydrogen-bond acceptors (Lipinski definition) is 3. The van der Waals surface area contributed by atoms with Crippen LogP contribution in [0.3, 0.4) is 0 Å². The SMILES string of the molecule is CC=C1CC(O)(C(F)(F)F)N(C(=O)c2ccccc2)N1. The summed E-state index contributed by atoms with van der Waals surface area (Å²) in [5.41, 5.74) is -0.748. The summed E-state index contributed by atoms with van der Waals surface area (Å²) in [6.45, 7) is 1.52. The number of benzene rings is 1. The summed E-state index contributed by atoms with van der Waals surface area (Å²) in [5.74, 6) is -0.942. The summed E-state index contributed by atoms with van der Waals surface area (Å²) in [6, 6.07) is 7.48. The molecule has 4 nitrogen and oxygen atoms in total. The van der Waals surface area contributed by atoms with Crippen LogP contribution in [0.1, 0.15) is 23.7 Å². The Bertz CT molecular complexity index is 542. The molecule has 2 rings (SSSR count). The molecule has 1 aromatic rings. The van der Waals surface area contributed by atoms with Gasteiger partial charge in [0.25, 0.3) is 11.6 Å². The van der Waals surface area contributed by atoms with Crippen LogP contribution in [-0.4, -0.2) is 27.9 Å². The number of hydrazine groups is 1. The third kappa shape index (κ3) is 2.24. The second-order valence-electron chi connectivity index (χ2n) is 4.42. The maximum atomic E-state index is 13.1. The number of nitrogens with zero attached hydrogens (tertiary/aromatic N) is 1. The summed E-state index contributed by atoms with van der Waals surface area (Å²) in [6.07, 6.45) is -4.30. The first-order valence-electron chi connectivity index (χ1n) is 5.90. The average molecular weight is 286 g/mol. The molecule has 1 heterocycles. The van der Waals surface area contributed by atoms with Gasteiger partial charge in [-0.1, -0.05) is 24.3 Å². The van der Waals surface area contributed by atoms with Crippen molar-refractivity contribution in [1.29, 1.82) is 0 Å². The average Bonchev–Trinajstić information content (AvgIpc) is 2.77. The Morgan fingerprint density at radius 1 is 1.40 bits per heavy atom. The van der Waals surface area contributed by atoms with Crippen LogP contribution in [0.5, 0.6) is 0 Å². The lowest BCUT2D eigenvalue weighted by Crippen LogP contribution is -2.59. The van der Waals surface area contributed by atoms with Gasteiger partial charge in [-0.15, -0.1) is 0 Å². The van der Waals surface area contributed by atoms with E-state index in [1.54, 1.807) is 6.07 Å². The van der Waals surface area contributed by atoms with E-state index in [0.717, 1.165) is 0 Å². The van der Waals surface area contributed by atoms with E-state index in [2.05, 4.69) is 5.43 Å². The van der Waals surface area contributed by atoms with E-state index >= 15 is 0 Å². The molecule has 1 unspecified atom stereocenters. The fourth-order valence-electron chi connectivity index (χ4n) is 1.94. The summed E-state index contributed by atoms with van der Waals surface area (Å²) in [4.78, 5) is 12.1. The number of carbonyl (C=O) groups excluding carboxylic acids is 1. The molecule has 2 N–H and O–H groups in total. The molecule has 0 aromatic heterocycles. The Kier molecular flexibility index (Phi) is 3.47. The number of hydrogen-bond donors (Lipinski definition) is 2. The number of allylic oxidation sites excluding steroid dienone is 1. The normalized spacial score (nSPS) is 24.9. The van der Waals surface area contributed by atoms with E-state index in [-0.39, 0.29) is 16.3 Å². The second kappa shape index (κ2) is 4.82. The van der Waals surface area contributed by atoms with Crippen molar-refractivity contribution in [2.75, 3.05) is 0 Å². The Balaban J connectivity index is 2.41. The Hall–Kier alpha value is -2.02. The topological polar surface area (TPSA) is 52.6 Å². The summed E-state index contributed by atoms with van der Waals surface area (Å²) in [5, 5.41) is 10.1. The van der Waals surface area contributed by atoms with E-state index in [0.29, 0.717) is 0 Å². The molecule has 1 atom stereocenters. The fraction of sp³-hybridized carbons (Fsp3) is 0.308. The highest BCUT2D eigenvalue weighted by Gasteiger charge is 2.63. The van der Waals surface area contributed by atoms with Crippen LogP contribution >= 0.6 is 0 Å². The van der Waals surface area contributed by atoms with Gasteiger partial charge in [-0.05, 0) is 19.1 Å². The third-order valence-corrected chi connectivity index (χ3v) is 3.09. The Morgan fingerprint density at radius 3 is 2.50 bits per heavy atom. The maximum Gasteiger partial charge on any atom is 0.438 e. The van der Waals surface area contributed by atoms with Crippen molar-refractivity contribution in [2.24, 2.45) is 0 Å². The predicted octanol–water partition coefficient (Wildman–Crippen LogP) is 2.19. The van der Waals surface area contributed by atoms with Crippen LogP contribution in [0.15, 0.2) is 42.1 Å². The first-order valence-corrected chi connectivity index (χ1v) is 5.90. The number of nitrogens with one attached hydrogen (secondary N) is 1. The second-order valence-corrected chi connectivity index (χ2v) is 4.42. The van der Waals surface area contributed by atoms with Crippen molar-refractivity contribution in [3.63, 3.8) is 0 Å². The van der Waals surface area contributed by atoms with Crippen LogP contribution < -0.4 is 5.43 Å². The molecule has 1 aliphatic heterocycles. The van der Waals surface area contributed by atoms with Gasteiger partial charge in [-0.2, -0.15) is 13.2 Å². The largest absolute Gasteiger partial charge is 0.438 e. The number of halogens is 3. The number of rotatable bonds is 1. The zero-order chi connectivity index (χ0) is 15.0. The first kappa shape index (κ1) is 14.4. The lowest BCUT2D eigenvalue weighted by atomic mass is 10.1. The fourth-order valence-corrected chi connectivity index (χ4v) is 1.94. The van der Waals surface area contributed by atoms with Gasteiger partial charge in [0.1, 0.15) is 0 Å². The van der Waals surface area contributed by atoms with Crippen molar-refractivity contribution in [3.8, 4) is 0 Å². The molecule has 1 fully saturated rings. The van der Waals surface area contributed by atoms with Gasteiger partial charge in [0, 0.05) is 17.7 Å². The molecular formula is C13H13F3N2O2. The van der Waals surface area contributed by atoms with Crippen LogP contribution in [0.25, 0.3) is 0 Å². The number of aliphatic hydroxyl groups is 1. The van der Waals surface area contributed by atoms with Gasteiger partial charge in [-0.25, -0.2) is 5.01 Å². The van der Waals surface area contributed by atoms with Gasteiger partial charge in [0.15, 0.2) is 0 Å². The molecule has 20 heavy (non-hydrogen) atoms. The summed E-state index contributed by atoms with van der Waals surface area (Å²) >= 11 is 0. The molecule has 0 bridgehead atoms.